The molecule has 2 aromatic rings. The van der Waals surface area contributed by atoms with Crippen LogP contribution in [0.15, 0.2) is 53.4 Å². The Morgan fingerprint density at radius 1 is 1.20 bits per heavy atom. The molecule has 0 saturated heterocycles. The number of methoxy groups -OCH3 is 1. The van der Waals surface area contributed by atoms with Gasteiger partial charge in [-0.1, -0.05) is 35.9 Å². The molecule has 0 aromatic heterocycles. The molecular weight excluding hydrogens is 354 g/mol. The standard InChI is InChI=1S/C20H22ClNO2S/c1-24-17-10-6-15(7-11-17)14-22(16-8-9-16)20(23)12-13-25-19-5-3-2-4-18(19)21/h2-7,10-11,16H,8-9,12-14H2,1H3. The molecule has 0 N–H and O–H groups in total. The molecule has 132 valence electrons. The van der Waals surface area contributed by atoms with Crippen molar-refractivity contribution in [2.24, 2.45) is 0 Å². The van der Waals surface area contributed by atoms with E-state index in [1.807, 2.05) is 53.4 Å². The highest BCUT2D eigenvalue weighted by Gasteiger charge is 2.32. The van der Waals surface area contributed by atoms with Gasteiger partial charge in [0.05, 0.1) is 12.1 Å². The number of rotatable bonds is 8. The van der Waals surface area contributed by atoms with E-state index in [9.17, 15) is 4.79 Å². The number of benzene rings is 2. The van der Waals surface area contributed by atoms with Gasteiger partial charge >= 0.3 is 0 Å². The van der Waals surface area contributed by atoms with Crippen molar-refractivity contribution in [1.82, 2.24) is 4.90 Å². The van der Waals surface area contributed by atoms with Gasteiger partial charge in [-0.2, -0.15) is 0 Å². The Hall–Kier alpha value is -1.65. The molecule has 0 spiro atoms. The second kappa shape index (κ2) is 8.63. The first-order chi connectivity index (χ1) is 12.2. The van der Waals surface area contributed by atoms with Crippen molar-refractivity contribution in [3.63, 3.8) is 0 Å². The van der Waals surface area contributed by atoms with Crippen molar-refractivity contribution in [3.05, 3.63) is 59.1 Å². The van der Waals surface area contributed by atoms with E-state index in [0.717, 1.165) is 39.8 Å². The van der Waals surface area contributed by atoms with Gasteiger partial charge in [-0.3, -0.25) is 4.79 Å². The van der Waals surface area contributed by atoms with Gasteiger partial charge in [0.25, 0.3) is 0 Å². The minimum Gasteiger partial charge on any atom is -0.497 e. The number of hydrogen-bond acceptors (Lipinski definition) is 3. The molecular formula is C20H22ClNO2S. The average Bonchev–Trinajstić information content (AvgIpc) is 3.46. The zero-order valence-corrected chi connectivity index (χ0v) is 15.9. The minimum atomic E-state index is 0.220. The number of nitrogens with zero attached hydrogens (tertiary/aromatic N) is 1. The molecule has 0 unspecified atom stereocenters. The van der Waals surface area contributed by atoms with Crippen molar-refractivity contribution in [2.45, 2.75) is 36.7 Å². The predicted octanol–water partition coefficient (Wildman–Crippen LogP) is 5.02. The van der Waals surface area contributed by atoms with E-state index in [4.69, 9.17) is 16.3 Å². The molecule has 1 amide bonds. The first kappa shape index (κ1) is 18.2. The summed E-state index contributed by atoms with van der Waals surface area (Å²) < 4.78 is 5.19. The number of carbonyl (C=O) groups excluding carboxylic acids is 1. The number of hydrogen-bond donors (Lipinski definition) is 0. The van der Waals surface area contributed by atoms with E-state index in [2.05, 4.69) is 0 Å². The van der Waals surface area contributed by atoms with Crippen LogP contribution in [-0.4, -0.2) is 29.7 Å². The molecule has 1 aliphatic carbocycles. The highest BCUT2D eigenvalue weighted by molar-refractivity contribution is 7.99. The van der Waals surface area contributed by atoms with Crippen LogP contribution in [0.2, 0.25) is 5.02 Å². The van der Waals surface area contributed by atoms with Crippen molar-refractivity contribution in [3.8, 4) is 5.75 Å². The van der Waals surface area contributed by atoms with Gasteiger partial charge in [-0.05, 0) is 42.7 Å². The van der Waals surface area contributed by atoms with E-state index < -0.39 is 0 Å². The zero-order chi connectivity index (χ0) is 17.6. The maximum Gasteiger partial charge on any atom is 0.223 e. The van der Waals surface area contributed by atoms with Crippen LogP contribution in [0.3, 0.4) is 0 Å². The third kappa shape index (κ3) is 5.16. The Labute approximate surface area is 158 Å². The molecule has 3 rings (SSSR count). The van der Waals surface area contributed by atoms with Gasteiger partial charge in [0.15, 0.2) is 0 Å². The van der Waals surface area contributed by atoms with Crippen LogP contribution in [0.4, 0.5) is 0 Å². The largest absolute Gasteiger partial charge is 0.497 e. The lowest BCUT2D eigenvalue weighted by atomic mass is 10.2. The number of amides is 1. The molecule has 3 nitrogen and oxygen atoms in total. The molecule has 0 aliphatic heterocycles. The number of halogens is 1. The van der Waals surface area contributed by atoms with Crippen molar-refractivity contribution in [2.75, 3.05) is 12.9 Å². The van der Waals surface area contributed by atoms with Gasteiger partial charge in [0.1, 0.15) is 5.75 Å². The normalized spacial score (nSPS) is 13.5. The Balaban J connectivity index is 1.55. The first-order valence-electron chi connectivity index (χ1n) is 8.47. The van der Waals surface area contributed by atoms with Gasteiger partial charge in [0.2, 0.25) is 5.91 Å². The summed E-state index contributed by atoms with van der Waals surface area (Å²) in [6.45, 7) is 0.671. The molecule has 1 fully saturated rings. The minimum absolute atomic E-state index is 0.220. The number of ether oxygens (including phenoxy) is 1. The van der Waals surface area contributed by atoms with Gasteiger partial charge in [-0.15, -0.1) is 11.8 Å². The molecule has 0 atom stereocenters. The monoisotopic (exact) mass is 375 g/mol. The third-order valence-corrected chi connectivity index (χ3v) is 5.75. The summed E-state index contributed by atoms with van der Waals surface area (Å²) in [6.07, 6.45) is 2.75. The average molecular weight is 376 g/mol. The SMILES string of the molecule is COc1ccc(CN(C(=O)CCSc2ccccc2Cl)C2CC2)cc1. The molecule has 5 heteroatoms. The smallest absolute Gasteiger partial charge is 0.223 e. The summed E-state index contributed by atoms with van der Waals surface area (Å²) in [6, 6.07) is 16.1. The van der Waals surface area contributed by atoms with Crippen LogP contribution < -0.4 is 4.74 Å². The topological polar surface area (TPSA) is 29.5 Å². The molecule has 0 radical (unpaired) electrons. The second-order valence-electron chi connectivity index (χ2n) is 6.13. The fourth-order valence-electron chi connectivity index (χ4n) is 2.69. The summed E-state index contributed by atoms with van der Waals surface area (Å²) in [4.78, 5) is 15.7. The second-order valence-corrected chi connectivity index (χ2v) is 7.67. The fraction of sp³-hybridized carbons (Fsp3) is 0.350. The van der Waals surface area contributed by atoms with Crippen LogP contribution in [0.5, 0.6) is 5.75 Å². The maximum absolute atomic E-state index is 12.7. The van der Waals surface area contributed by atoms with Crippen LogP contribution in [0, 0.1) is 0 Å². The van der Waals surface area contributed by atoms with E-state index in [1.165, 1.54) is 0 Å². The molecule has 1 saturated carbocycles. The van der Waals surface area contributed by atoms with E-state index in [1.54, 1.807) is 18.9 Å². The van der Waals surface area contributed by atoms with Crippen molar-refractivity contribution >= 4 is 29.3 Å². The van der Waals surface area contributed by atoms with E-state index in [0.29, 0.717) is 19.0 Å². The Morgan fingerprint density at radius 3 is 2.56 bits per heavy atom. The van der Waals surface area contributed by atoms with Crippen LogP contribution in [0.25, 0.3) is 0 Å². The summed E-state index contributed by atoms with van der Waals surface area (Å²) in [7, 11) is 1.66. The number of carbonyl (C=O) groups is 1. The molecule has 0 heterocycles. The van der Waals surface area contributed by atoms with Crippen molar-refractivity contribution < 1.29 is 9.53 Å². The lowest BCUT2D eigenvalue weighted by Crippen LogP contribution is -2.32. The highest BCUT2D eigenvalue weighted by atomic mass is 35.5. The Morgan fingerprint density at radius 2 is 1.92 bits per heavy atom. The summed E-state index contributed by atoms with van der Waals surface area (Å²) in [5.74, 6) is 1.80. The van der Waals surface area contributed by atoms with E-state index in [-0.39, 0.29) is 5.91 Å². The van der Waals surface area contributed by atoms with Gasteiger partial charge in [-0.25, -0.2) is 0 Å². The van der Waals surface area contributed by atoms with Crippen LogP contribution in [-0.2, 0) is 11.3 Å². The summed E-state index contributed by atoms with van der Waals surface area (Å²) in [5.41, 5.74) is 1.14. The lowest BCUT2D eigenvalue weighted by molar-refractivity contribution is -0.131. The van der Waals surface area contributed by atoms with Gasteiger partial charge in [0, 0.05) is 29.7 Å². The summed E-state index contributed by atoms with van der Waals surface area (Å²) in [5, 5.41) is 0.747. The quantitative estimate of drug-likeness (QED) is 0.606. The van der Waals surface area contributed by atoms with Crippen molar-refractivity contribution in [1.29, 1.82) is 0 Å². The molecule has 25 heavy (non-hydrogen) atoms. The molecule has 0 bridgehead atoms. The van der Waals surface area contributed by atoms with Crippen LogP contribution in [0.1, 0.15) is 24.8 Å². The molecule has 2 aromatic carbocycles. The fourth-order valence-corrected chi connectivity index (χ4v) is 3.87. The van der Waals surface area contributed by atoms with Crippen LogP contribution >= 0.6 is 23.4 Å². The zero-order valence-electron chi connectivity index (χ0n) is 14.3. The van der Waals surface area contributed by atoms with Gasteiger partial charge < -0.3 is 9.64 Å². The number of thioether (sulfide) groups is 1. The lowest BCUT2D eigenvalue weighted by Gasteiger charge is -2.23. The summed E-state index contributed by atoms with van der Waals surface area (Å²) >= 11 is 7.81. The Kier molecular flexibility index (Phi) is 6.27. The maximum atomic E-state index is 12.7. The third-order valence-electron chi connectivity index (χ3n) is 4.23. The molecule has 1 aliphatic rings. The Bertz CT molecular complexity index is 716. The predicted molar refractivity (Wildman–Crippen MR) is 103 cm³/mol. The highest BCUT2D eigenvalue weighted by Crippen LogP contribution is 2.31. The van der Waals surface area contributed by atoms with E-state index >= 15 is 0 Å². The first-order valence-corrected chi connectivity index (χ1v) is 9.83.